The molecule has 60 heavy (non-hydrogen) atoms. The number of pyridine rings is 1. The van der Waals surface area contributed by atoms with Gasteiger partial charge in [0.05, 0.1) is 0 Å². The minimum absolute atomic E-state index is 0.0758. The summed E-state index contributed by atoms with van der Waals surface area (Å²) in [6.45, 7) is 5.91. The number of unbranched alkanes of at least 4 members (excludes halogenated alkanes) is 2. The van der Waals surface area contributed by atoms with E-state index in [-0.39, 0.29) is 36.0 Å². The summed E-state index contributed by atoms with van der Waals surface area (Å²) in [4.78, 5) is 87.4. The number of likely N-dealkylation sites (tertiary alicyclic amines) is 1. The molecule has 5 heterocycles. The average molecular weight is 817 g/mol. The van der Waals surface area contributed by atoms with E-state index in [1.54, 1.807) is 35.5 Å². The van der Waals surface area contributed by atoms with Crippen molar-refractivity contribution in [3.8, 4) is 0 Å². The van der Waals surface area contributed by atoms with Crippen molar-refractivity contribution in [3.05, 3.63) is 95.3 Å². The van der Waals surface area contributed by atoms with Crippen LogP contribution in [0.1, 0.15) is 96.1 Å². The number of amides is 6. The number of carbonyl (C=O) groups is 6. The lowest BCUT2D eigenvalue weighted by Crippen LogP contribution is -2.52. The number of carbonyl (C=O) groups excluding carboxylic acids is 6. The molecule has 6 amide bonds. The van der Waals surface area contributed by atoms with Crippen LogP contribution in [0, 0.1) is 5.92 Å². The first-order valence-electron chi connectivity index (χ1n) is 21.5. The topological polar surface area (TPSA) is 164 Å². The minimum Gasteiger partial charge on any atom is -0.385 e. The van der Waals surface area contributed by atoms with Gasteiger partial charge >= 0.3 is 0 Å². The Hall–Kier alpha value is -6.05. The number of aromatic nitrogens is 1. The highest BCUT2D eigenvalue weighted by Crippen LogP contribution is 2.32. The van der Waals surface area contributed by atoms with E-state index in [9.17, 15) is 28.8 Å². The zero-order chi connectivity index (χ0) is 41.8. The van der Waals surface area contributed by atoms with Crippen molar-refractivity contribution in [3.63, 3.8) is 0 Å². The SMILES string of the molecule is O=C(/C=C/c1cccnc1)NCCCCC1CCN(C(=O)c2ccc(N3CCN(C(=O)CCCCNc4cccc5c4CN(C4CCC(=O)NC4=O)C5=O)CC3)cc2)CC1. The maximum Gasteiger partial charge on any atom is 0.255 e. The number of piperazine rings is 1. The van der Waals surface area contributed by atoms with E-state index in [0.717, 1.165) is 93.6 Å². The van der Waals surface area contributed by atoms with E-state index in [0.29, 0.717) is 62.6 Å². The van der Waals surface area contributed by atoms with Gasteiger partial charge in [0.1, 0.15) is 6.04 Å². The van der Waals surface area contributed by atoms with E-state index in [2.05, 4.69) is 25.8 Å². The molecule has 3 saturated heterocycles. The molecular weight excluding hydrogens is 761 g/mol. The molecule has 1 aromatic heterocycles. The quantitative estimate of drug-likeness (QED) is 0.106. The van der Waals surface area contributed by atoms with Gasteiger partial charge in [-0.15, -0.1) is 0 Å². The van der Waals surface area contributed by atoms with Gasteiger partial charge in [-0.25, -0.2) is 0 Å². The Bertz CT molecular complexity index is 2040. The second-order valence-electron chi connectivity index (χ2n) is 16.2. The molecule has 0 radical (unpaired) electrons. The Balaban J connectivity index is 0.751. The molecule has 0 aliphatic carbocycles. The summed E-state index contributed by atoms with van der Waals surface area (Å²) in [6, 6.07) is 16.5. The lowest BCUT2D eigenvalue weighted by Gasteiger charge is -2.36. The van der Waals surface area contributed by atoms with Crippen LogP contribution in [0.4, 0.5) is 11.4 Å². The minimum atomic E-state index is -0.649. The molecule has 0 saturated carbocycles. The van der Waals surface area contributed by atoms with E-state index < -0.39 is 11.9 Å². The lowest BCUT2D eigenvalue weighted by molar-refractivity contribution is -0.137. The molecule has 4 aliphatic rings. The fourth-order valence-electron chi connectivity index (χ4n) is 8.64. The van der Waals surface area contributed by atoms with Crippen LogP contribution < -0.4 is 20.9 Å². The molecule has 14 nitrogen and oxygen atoms in total. The molecule has 316 valence electrons. The number of fused-ring (bicyclic) bond motifs is 1. The van der Waals surface area contributed by atoms with Gasteiger partial charge in [-0.2, -0.15) is 0 Å². The Labute approximate surface area is 351 Å². The van der Waals surface area contributed by atoms with Gasteiger partial charge < -0.3 is 30.2 Å². The van der Waals surface area contributed by atoms with E-state index in [1.807, 2.05) is 58.3 Å². The van der Waals surface area contributed by atoms with Crippen molar-refractivity contribution in [1.29, 1.82) is 0 Å². The van der Waals surface area contributed by atoms with Crippen LogP contribution in [0.2, 0.25) is 0 Å². The molecule has 0 spiro atoms. The number of hydrogen-bond acceptors (Lipinski definition) is 9. The maximum atomic E-state index is 13.3. The molecule has 0 bridgehead atoms. The zero-order valence-electron chi connectivity index (χ0n) is 34.3. The van der Waals surface area contributed by atoms with Crippen LogP contribution >= 0.6 is 0 Å². The number of imide groups is 1. The highest BCUT2D eigenvalue weighted by Gasteiger charge is 2.40. The van der Waals surface area contributed by atoms with Crippen LogP contribution in [0.15, 0.2) is 73.1 Å². The molecule has 1 atom stereocenters. The van der Waals surface area contributed by atoms with Crippen LogP contribution in [0.25, 0.3) is 6.08 Å². The van der Waals surface area contributed by atoms with Crippen molar-refractivity contribution in [2.45, 2.75) is 76.8 Å². The third-order valence-electron chi connectivity index (χ3n) is 12.2. The number of hydrogen-bond donors (Lipinski definition) is 3. The van der Waals surface area contributed by atoms with Gasteiger partial charge in [-0.3, -0.25) is 39.1 Å². The third kappa shape index (κ3) is 10.8. The van der Waals surface area contributed by atoms with Crippen LogP contribution in [0.5, 0.6) is 0 Å². The molecule has 3 aromatic rings. The summed E-state index contributed by atoms with van der Waals surface area (Å²) in [7, 11) is 0. The molecule has 1 unspecified atom stereocenters. The second kappa shape index (κ2) is 20.3. The molecule has 14 heteroatoms. The standard InChI is InChI=1S/C46H56N8O6/c55-41(18-12-34-8-6-22-47-31-34)49-24-3-1-7-33-20-25-53(26-21-33)45(59)35-13-15-36(16-14-35)51-27-29-52(30-28-51)43(57)11-2-4-23-48-39-10-5-9-37-38(39)32-54(46(37)60)40-17-19-42(56)50-44(40)58/h5-6,8-10,12-16,18,22,31,33,40,48H,1-4,7,11,17,19-21,23-30,32H2,(H,49,55)(H,50,56,58)/b18-12+. The van der Waals surface area contributed by atoms with Gasteiger partial charge in [0, 0.05) is 118 Å². The number of piperidine rings is 2. The smallest absolute Gasteiger partial charge is 0.255 e. The first kappa shape index (κ1) is 42.1. The molecular formula is C46H56N8O6. The summed E-state index contributed by atoms with van der Waals surface area (Å²) in [5, 5.41) is 8.73. The number of benzene rings is 2. The van der Waals surface area contributed by atoms with Crippen molar-refractivity contribution >= 4 is 52.9 Å². The fourth-order valence-corrected chi connectivity index (χ4v) is 8.64. The molecule has 2 aromatic carbocycles. The van der Waals surface area contributed by atoms with E-state index in [4.69, 9.17) is 0 Å². The van der Waals surface area contributed by atoms with Crippen molar-refractivity contribution in [1.82, 2.24) is 30.3 Å². The Morgan fingerprint density at radius 2 is 1.60 bits per heavy atom. The van der Waals surface area contributed by atoms with E-state index >= 15 is 0 Å². The van der Waals surface area contributed by atoms with Crippen molar-refractivity contribution in [2.24, 2.45) is 5.92 Å². The van der Waals surface area contributed by atoms with Crippen LogP contribution in [0.3, 0.4) is 0 Å². The first-order valence-corrected chi connectivity index (χ1v) is 21.5. The zero-order valence-corrected chi connectivity index (χ0v) is 34.3. The van der Waals surface area contributed by atoms with Gasteiger partial charge in [0.25, 0.3) is 11.8 Å². The first-order chi connectivity index (χ1) is 29.2. The normalized spacial score (nSPS) is 18.5. The average Bonchev–Trinajstić information content (AvgIpc) is 3.61. The second-order valence-corrected chi connectivity index (χ2v) is 16.2. The number of nitrogens with zero attached hydrogens (tertiary/aromatic N) is 5. The van der Waals surface area contributed by atoms with Crippen LogP contribution in [-0.4, -0.2) is 114 Å². The van der Waals surface area contributed by atoms with E-state index in [1.165, 1.54) is 0 Å². The predicted molar refractivity (Wildman–Crippen MR) is 229 cm³/mol. The highest BCUT2D eigenvalue weighted by atomic mass is 16.2. The Morgan fingerprint density at radius 1 is 0.817 bits per heavy atom. The summed E-state index contributed by atoms with van der Waals surface area (Å²) in [5.41, 5.74) is 4.93. The summed E-state index contributed by atoms with van der Waals surface area (Å²) in [6.07, 6.45) is 14.4. The number of anilines is 2. The summed E-state index contributed by atoms with van der Waals surface area (Å²) in [5.74, 6) is -0.194. The Morgan fingerprint density at radius 3 is 2.35 bits per heavy atom. The predicted octanol–water partition coefficient (Wildman–Crippen LogP) is 4.63. The van der Waals surface area contributed by atoms with Gasteiger partial charge in [-0.05, 0) is 98.5 Å². The van der Waals surface area contributed by atoms with Crippen LogP contribution in [-0.2, 0) is 25.7 Å². The maximum absolute atomic E-state index is 13.3. The number of rotatable bonds is 16. The molecule has 7 rings (SSSR count). The largest absolute Gasteiger partial charge is 0.385 e. The van der Waals surface area contributed by atoms with Gasteiger partial charge in [0.2, 0.25) is 23.6 Å². The fraction of sp³-hybridized carbons (Fsp3) is 0.457. The highest BCUT2D eigenvalue weighted by molar-refractivity contribution is 6.06. The van der Waals surface area contributed by atoms with Crippen molar-refractivity contribution in [2.75, 3.05) is 62.6 Å². The third-order valence-corrected chi connectivity index (χ3v) is 12.2. The molecule has 4 aliphatic heterocycles. The monoisotopic (exact) mass is 816 g/mol. The lowest BCUT2D eigenvalue weighted by atomic mass is 9.91. The van der Waals surface area contributed by atoms with Gasteiger partial charge in [0.15, 0.2) is 0 Å². The Kier molecular flexibility index (Phi) is 14.2. The molecule has 3 N–H and O–H groups in total. The summed E-state index contributed by atoms with van der Waals surface area (Å²) >= 11 is 0. The molecule has 3 fully saturated rings. The van der Waals surface area contributed by atoms with Crippen molar-refractivity contribution < 1.29 is 28.8 Å². The van der Waals surface area contributed by atoms with Gasteiger partial charge in [-0.1, -0.05) is 25.0 Å². The number of nitrogens with one attached hydrogen (secondary N) is 3. The summed E-state index contributed by atoms with van der Waals surface area (Å²) < 4.78 is 0.